The van der Waals surface area contributed by atoms with Crippen molar-refractivity contribution in [3.8, 4) is 0 Å². The molecule has 0 aliphatic rings. The summed E-state index contributed by atoms with van der Waals surface area (Å²) in [5, 5.41) is 8.98. The van der Waals surface area contributed by atoms with Gasteiger partial charge < -0.3 is 5.11 Å². The Morgan fingerprint density at radius 2 is 1.83 bits per heavy atom. The number of aliphatic hydroxyl groups excluding tert-OH is 1. The molecule has 0 unspecified atom stereocenters. The van der Waals surface area contributed by atoms with E-state index in [4.69, 9.17) is 5.11 Å². The molecular weight excluding hydrogens is 148 g/mol. The maximum Gasteiger partial charge on any atom is 0.0512 e. The van der Waals surface area contributed by atoms with Gasteiger partial charge in [-0.3, -0.25) is 0 Å². The number of hydrogen-bond acceptors (Lipinski definition) is 1. The molecule has 1 heteroatoms. The Morgan fingerprint density at radius 1 is 1.17 bits per heavy atom. The Kier molecular flexibility index (Phi) is 8.57. The number of hydrogen-bond donors (Lipinski definition) is 1. The van der Waals surface area contributed by atoms with Crippen LogP contribution in [0.25, 0.3) is 0 Å². The summed E-state index contributed by atoms with van der Waals surface area (Å²) in [6, 6.07) is 0. The van der Waals surface area contributed by atoms with Crippen LogP contribution in [0.2, 0.25) is 0 Å². The van der Waals surface area contributed by atoms with E-state index < -0.39 is 0 Å². The van der Waals surface area contributed by atoms with Gasteiger partial charge in [0.2, 0.25) is 0 Å². The summed E-state index contributed by atoms with van der Waals surface area (Å²) < 4.78 is 0. The average Bonchev–Trinajstić information content (AvgIpc) is 2.02. The molecule has 0 spiro atoms. The van der Waals surface area contributed by atoms with Crippen LogP contribution in [0.3, 0.4) is 0 Å². The molecule has 72 valence electrons. The number of rotatable bonds is 7. The highest BCUT2D eigenvalue weighted by Gasteiger charge is 1.94. The van der Waals surface area contributed by atoms with Crippen LogP contribution in [0.5, 0.6) is 0 Å². The third-order valence-corrected chi connectivity index (χ3v) is 1.98. The second-order valence-corrected chi connectivity index (χ2v) is 3.41. The molecule has 0 radical (unpaired) electrons. The van der Waals surface area contributed by atoms with Crippen molar-refractivity contribution in [1.29, 1.82) is 0 Å². The Bertz CT molecular complexity index is 106. The van der Waals surface area contributed by atoms with Gasteiger partial charge in [-0.05, 0) is 33.1 Å². The van der Waals surface area contributed by atoms with Crippen molar-refractivity contribution in [3.63, 3.8) is 0 Å². The lowest BCUT2D eigenvalue weighted by molar-refractivity contribution is 0.180. The first kappa shape index (κ1) is 11.7. The van der Waals surface area contributed by atoms with Gasteiger partial charge in [0, 0.05) is 0 Å². The highest BCUT2D eigenvalue weighted by molar-refractivity contribution is 4.76. The molecule has 0 aliphatic heterocycles. The number of aliphatic hydroxyl groups is 1. The standard InChI is InChI=1S/C11H22O/c1-3-4-5-6-7-8-9-10-11(2)12/h3-4,11-12H,5-10H2,1-2H3/b4-3+/t11-/m0/s1. The van der Waals surface area contributed by atoms with Crippen molar-refractivity contribution >= 4 is 0 Å². The van der Waals surface area contributed by atoms with E-state index in [-0.39, 0.29) is 6.10 Å². The molecule has 0 aromatic carbocycles. The first-order valence-corrected chi connectivity index (χ1v) is 5.06. The lowest BCUT2D eigenvalue weighted by Gasteiger charge is -2.02. The predicted molar refractivity (Wildman–Crippen MR) is 54.2 cm³/mol. The van der Waals surface area contributed by atoms with E-state index in [9.17, 15) is 0 Å². The van der Waals surface area contributed by atoms with Crippen molar-refractivity contribution in [1.82, 2.24) is 0 Å². The zero-order chi connectivity index (χ0) is 9.23. The molecule has 0 aromatic heterocycles. The summed E-state index contributed by atoms with van der Waals surface area (Å²) >= 11 is 0. The largest absolute Gasteiger partial charge is 0.393 e. The number of allylic oxidation sites excluding steroid dienone is 2. The summed E-state index contributed by atoms with van der Waals surface area (Å²) in [6.45, 7) is 3.92. The van der Waals surface area contributed by atoms with Crippen LogP contribution < -0.4 is 0 Å². The summed E-state index contributed by atoms with van der Waals surface area (Å²) in [4.78, 5) is 0. The van der Waals surface area contributed by atoms with E-state index in [1.165, 1.54) is 32.1 Å². The Hall–Kier alpha value is -0.300. The van der Waals surface area contributed by atoms with Gasteiger partial charge in [0.1, 0.15) is 0 Å². The predicted octanol–water partition coefficient (Wildman–Crippen LogP) is 3.28. The Morgan fingerprint density at radius 3 is 2.42 bits per heavy atom. The minimum Gasteiger partial charge on any atom is -0.393 e. The summed E-state index contributed by atoms with van der Waals surface area (Å²) in [5.41, 5.74) is 0. The molecule has 1 N–H and O–H groups in total. The normalized spacial score (nSPS) is 13.9. The third kappa shape index (κ3) is 9.70. The highest BCUT2D eigenvalue weighted by Crippen LogP contribution is 2.07. The molecular formula is C11H22O. The van der Waals surface area contributed by atoms with Crippen LogP contribution in [0, 0.1) is 0 Å². The second kappa shape index (κ2) is 8.79. The van der Waals surface area contributed by atoms with E-state index in [0.717, 1.165) is 6.42 Å². The van der Waals surface area contributed by atoms with Gasteiger partial charge in [-0.25, -0.2) is 0 Å². The fourth-order valence-corrected chi connectivity index (χ4v) is 1.22. The molecule has 12 heavy (non-hydrogen) atoms. The highest BCUT2D eigenvalue weighted by atomic mass is 16.3. The van der Waals surface area contributed by atoms with Gasteiger partial charge in [-0.1, -0.05) is 31.4 Å². The maximum absolute atomic E-state index is 8.98. The van der Waals surface area contributed by atoms with Crippen LogP contribution in [-0.2, 0) is 0 Å². The number of unbranched alkanes of at least 4 members (excludes halogenated alkanes) is 4. The van der Waals surface area contributed by atoms with Crippen molar-refractivity contribution in [2.75, 3.05) is 0 Å². The molecule has 0 amide bonds. The van der Waals surface area contributed by atoms with Gasteiger partial charge in [-0.2, -0.15) is 0 Å². The van der Waals surface area contributed by atoms with Gasteiger partial charge in [0.25, 0.3) is 0 Å². The van der Waals surface area contributed by atoms with E-state index in [1.54, 1.807) is 0 Å². The van der Waals surface area contributed by atoms with Gasteiger partial charge in [-0.15, -0.1) is 0 Å². The van der Waals surface area contributed by atoms with Crippen molar-refractivity contribution < 1.29 is 5.11 Å². The first-order valence-electron chi connectivity index (χ1n) is 5.06. The smallest absolute Gasteiger partial charge is 0.0512 e. The molecule has 0 heterocycles. The van der Waals surface area contributed by atoms with Gasteiger partial charge in [0.15, 0.2) is 0 Å². The van der Waals surface area contributed by atoms with Crippen LogP contribution in [0.4, 0.5) is 0 Å². The minimum atomic E-state index is -0.111. The van der Waals surface area contributed by atoms with Crippen molar-refractivity contribution in [2.24, 2.45) is 0 Å². The maximum atomic E-state index is 8.98. The Balaban J connectivity index is 2.91. The SMILES string of the molecule is C/C=C/CCCCCC[C@H](C)O. The zero-order valence-electron chi connectivity index (χ0n) is 8.42. The zero-order valence-corrected chi connectivity index (χ0v) is 8.42. The second-order valence-electron chi connectivity index (χ2n) is 3.41. The molecule has 0 fully saturated rings. The lowest BCUT2D eigenvalue weighted by Crippen LogP contribution is -1.97. The minimum absolute atomic E-state index is 0.111. The third-order valence-electron chi connectivity index (χ3n) is 1.98. The van der Waals surface area contributed by atoms with Crippen LogP contribution in [0.15, 0.2) is 12.2 Å². The molecule has 1 nitrogen and oxygen atoms in total. The topological polar surface area (TPSA) is 20.2 Å². The lowest BCUT2D eigenvalue weighted by atomic mass is 10.1. The molecule has 0 rings (SSSR count). The summed E-state index contributed by atoms with van der Waals surface area (Å²) in [5.74, 6) is 0. The quantitative estimate of drug-likeness (QED) is 0.459. The molecule has 1 atom stereocenters. The molecule has 0 saturated carbocycles. The summed E-state index contributed by atoms with van der Waals surface area (Å²) in [7, 11) is 0. The van der Waals surface area contributed by atoms with E-state index in [0.29, 0.717) is 0 Å². The monoisotopic (exact) mass is 170 g/mol. The van der Waals surface area contributed by atoms with Crippen LogP contribution in [0.1, 0.15) is 52.4 Å². The van der Waals surface area contributed by atoms with Crippen molar-refractivity contribution in [3.05, 3.63) is 12.2 Å². The Labute approximate surface area is 76.5 Å². The fourth-order valence-electron chi connectivity index (χ4n) is 1.22. The molecule has 0 saturated heterocycles. The van der Waals surface area contributed by atoms with E-state index >= 15 is 0 Å². The van der Waals surface area contributed by atoms with Gasteiger partial charge >= 0.3 is 0 Å². The summed E-state index contributed by atoms with van der Waals surface area (Å²) in [6.07, 6.45) is 11.4. The van der Waals surface area contributed by atoms with Gasteiger partial charge in [0.05, 0.1) is 6.10 Å². The van der Waals surface area contributed by atoms with Crippen LogP contribution >= 0.6 is 0 Å². The van der Waals surface area contributed by atoms with E-state index in [1.807, 2.05) is 6.92 Å². The van der Waals surface area contributed by atoms with Crippen LogP contribution in [-0.4, -0.2) is 11.2 Å². The first-order chi connectivity index (χ1) is 5.77. The van der Waals surface area contributed by atoms with Crippen molar-refractivity contribution in [2.45, 2.75) is 58.5 Å². The fraction of sp³-hybridized carbons (Fsp3) is 0.818. The van der Waals surface area contributed by atoms with E-state index in [2.05, 4.69) is 19.1 Å². The molecule has 0 bridgehead atoms. The molecule has 0 aliphatic carbocycles. The average molecular weight is 170 g/mol. The molecule has 0 aromatic rings.